The molecule has 0 fully saturated rings. The van der Waals surface area contributed by atoms with Crippen molar-refractivity contribution in [2.45, 2.75) is 6.92 Å². The van der Waals surface area contributed by atoms with Gasteiger partial charge in [0.15, 0.2) is 0 Å². The number of esters is 1. The van der Waals surface area contributed by atoms with E-state index in [0.717, 1.165) is 5.33 Å². The molecule has 0 amide bonds. The summed E-state index contributed by atoms with van der Waals surface area (Å²) in [4.78, 5) is 10.3. The molecule has 0 aromatic heterocycles. The second kappa shape index (κ2) is 9.95. The van der Waals surface area contributed by atoms with Gasteiger partial charge in [-0.1, -0.05) is 15.9 Å². The molecule has 0 atom stereocenters. The Morgan fingerprint density at radius 1 is 1.08 bits per heavy atom. The molecule has 0 saturated carbocycles. The van der Waals surface area contributed by atoms with Crippen LogP contribution in [-0.2, 0) is 19.0 Å². The molecule has 0 aliphatic rings. The van der Waals surface area contributed by atoms with Crippen LogP contribution in [0.15, 0.2) is 0 Å². The third kappa shape index (κ3) is 11.9. The summed E-state index contributed by atoms with van der Waals surface area (Å²) in [7, 11) is 0. The van der Waals surface area contributed by atoms with Gasteiger partial charge in [0.2, 0.25) is 0 Å². The Balaban J connectivity index is 2.87. The SMILES string of the molecule is CC(=O)OCCOCCOCCBr. The molecule has 0 N–H and O–H groups in total. The number of carbonyl (C=O) groups excluding carboxylic acids is 1. The monoisotopic (exact) mass is 254 g/mol. The third-order valence-electron chi connectivity index (χ3n) is 1.13. The van der Waals surface area contributed by atoms with Crippen molar-refractivity contribution in [1.29, 1.82) is 0 Å². The fourth-order valence-corrected chi connectivity index (χ4v) is 0.850. The standard InChI is InChI=1S/C8H15BrO4/c1-8(10)13-7-6-12-5-4-11-3-2-9/h2-7H2,1H3. The van der Waals surface area contributed by atoms with Gasteiger partial charge < -0.3 is 14.2 Å². The van der Waals surface area contributed by atoms with Gasteiger partial charge in [0.05, 0.1) is 26.4 Å². The largest absolute Gasteiger partial charge is 0.463 e. The van der Waals surface area contributed by atoms with Crippen LogP contribution in [0.25, 0.3) is 0 Å². The van der Waals surface area contributed by atoms with E-state index in [0.29, 0.717) is 33.0 Å². The topological polar surface area (TPSA) is 44.8 Å². The first-order valence-electron chi connectivity index (χ1n) is 4.12. The van der Waals surface area contributed by atoms with Crippen LogP contribution in [0.1, 0.15) is 6.92 Å². The van der Waals surface area contributed by atoms with Gasteiger partial charge >= 0.3 is 5.97 Å². The molecule has 13 heavy (non-hydrogen) atoms. The number of halogens is 1. The molecule has 0 spiro atoms. The Kier molecular flexibility index (Phi) is 9.85. The summed E-state index contributed by atoms with van der Waals surface area (Å²) < 4.78 is 14.9. The maximum atomic E-state index is 10.3. The van der Waals surface area contributed by atoms with Gasteiger partial charge in [-0.25, -0.2) is 0 Å². The predicted octanol–water partition coefficient (Wildman–Crippen LogP) is 0.978. The average Bonchev–Trinajstić information content (AvgIpc) is 2.09. The molecule has 0 aromatic carbocycles. The van der Waals surface area contributed by atoms with Gasteiger partial charge in [0, 0.05) is 12.3 Å². The molecular weight excluding hydrogens is 240 g/mol. The average molecular weight is 255 g/mol. The zero-order valence-electron chi connectivity index (χ0n) is 7.75. The maximum absolute atomic E-state index is 10.3. The molecule has 4 nitrogen and oxygen atoms in total. The quantitative estimate of drug-likeness (QED) is 0.368. The Morgan fingerprint density at radius 2 is 1.62 bits per heavy atom. The van der Waals surface area contributed by atoms with Crippen LogP contribution in [0.4, 0.5) is 0 Å². The second-order valence-corrected chi connectivity index (χ2v) is 3.05. The summed E-state index contributed by atoms with van der Waals surface area (Å²) >= 11 is 3.24. The van der Waals surface area contributed by atoms with Crippen LogP contribution < -0.4 is 0 Å². The van der Waals surface area contributed by atoms with Crippen LogP contribution in [0.3, 0.4) is 0 Å². The maximum Gasteiger partial charge on any atom is 0.302 e. The molecule has 0 heterocycles. The minimum atomic E-state index is -0.279. The molecule has 0 unspecified atom stereocenters. The fourth-order valence-electron chi connectivity index (χ4n) is 0.621. The highest BCUT2D eigenvalue weighted by atomic mass is 79.9. The van der Waals surface area contributed by atoms with E-state index >= 15 is 0 Å². The van der Waals surface area contributed by atoms with Gasteiger partial charge in [-0.3, -0.25) is 4.79 Å². The smallest absolute Gasteiger partial charge is 0.302 e. The Labute approximate surface area is 86.7 Å². The zero-order valence-corrected chi connectivity index (χ0v) is 9.34. The second-order valence-electron chi connectivity index (χ2n) is 2.25. The van der Waals surface area contributed by atoms with Crippen LogP contribution in [0.2, 0.25) is 0 Å². The summed E-state index contributed by atoms with van der Waals surface area (Å²) in [5, 5.41) is 0.834. The van der Waals surface area contributed by atoms with Crippen LogP contribution in [0, 0.1) is 0 Å². The number of rotatable bonds is 8. The van der Waals surface area contributed by atoms with E-state index in [2.05, 4.69) is 20.7 Å². The number of carbonyl (C=O) groups is 1. The van der Waals surface area contributed by atoms with E-state index in [1.54, 1.807) is 0 Å². The number of alkyl halides is 1. The molecule has 0 aliphatic heterocycles. The number of hydrogen-bond acceptors (Lipinski definition) is 4. The summed E-state index contributed by atoms with van der Waals surface area (Å²) in [6, 6.07) is 0. The van der Waals surface area contributed by atoms with Crippen molar-refractivity contribution in [1.82, 2.24) is 0 Å². The van der Waals surface area contributed by atoms with E-state index in [-0.39, 0.29) is 5.97 Å². The molecular formula is C8H15BrO4. The first-order valence-corrected chi connectivity index (χ1v) is 5.24. The highest BCUT2D eigenvalue weighted by molar-refractivity contribution is 9.09. The molecule has 0 bridgehead atoms. The lowest BCUT2D eigenvalue weighted by atomic mass is 10.7. The molecule has 5 heteroatoms. The molecule has 0 radical (unpaired) electrons. The minimum absolute atomic E-state index is 0.279. The highest BCUT2D eigenvalue weighted by Crippen LogP contribution is 1.83. The van der Waals surface area contributed by atoms with Crippen molar-refractivity contribution < 1.29 is 19.0 Å². The van der Waals surface area contributed by atoms with E-state index in [1.807, 2.05) is 0 Å². The summed E-state index contributed by atoms with van der Waals surface area (Å²) in [6.45, 7) is 3.91. The lowest BCUT2D eigenvalue weighted by molar-refractivity contribution is -0.142. The van der Waals surface area contributed by atoms with Gasteiger partial charge in [-0.2, -0.15) is 0 Å². The highest BCUT2D eigenvalue weighted by Gasteiger charge is 1.92. The Morgan fingerprint density at radius 3 is 2.15 bits per heavy atom. The van der Waals surface area contributed by atoms with Crippen molar-refractivity contribution in [2.75, 3.05) is 38.4 Å². The number of hydrogen-bond donors (Lipinski definition) is 0. The van der Waals surface area contributed by atoms with Crippen LogP contribution in [0.5, 0.6) is 0 Å². The Bertz CT molecular complexity index is 129. The zero-order chi connectivity index (χ0) is 9.94. The fraction of sp³-hybridized carbons (Fsp3) is 0.875. The predicted molar refractivity (Wildman–Crippen MR) is 52.1 cm³/mol. The normalized spacial score (nSPS) is 10.0. The molecule has 0 aliphatic carbocycles. The first-order chi connectivity index (χ1) is 6.27. The molecule has 0 aromatic rings. The lowest BCUT2D eigenvalue weighted by Gasteiger charge is -2.04. The van der Waals surface area contributed by atoms with Gasteiger partial charge in [0.1, 0.15) is 6.61 Å². The summed E-state index contributed by atoms with van der Waals surface area (Å²) in [6.07, 6.45) is 0. The molecule has 78 valence electrons. The number of ether oxygens (including phenoxy) is 3. The van der Waals surface area contributed by atoms with E-state index in [9.17, 15) is 4.79 Å². The van der Waals surface area contributed by atoms with Crippen molar-refractivity contribution in [3.8, 4) is 0 Å². The van der Waals surface area contributed by atoms with Crippen LogP contribution in [-0.4, -0.2) is 44.3 Å². The van der Waals surface area contributed by atoms with E-state index in [1.165, 1.54) is 6.92 Å². The summed E-state index contributed by atoms with van der Waals surface area (Å²) in [5.74, 6) is -0.279. The van der Waals surface area contributed by atoms with Gasteiger partial charge in [-0.15, -0.1) is 0 Å². The Hall–Kier alpha value is -0.130. The van der Waals surface area contributed by atoms with E-state index < -0.39 is 0 Å². The van der Waals surface area contributed by atoms with Crippen molar-refractivity contribution in [3.63, 3.8) is 0 Å². The van der Waals surface area contributed by atoms with Gasteiger partial charge in [0.25, 0.3) is 0 Å². The van der Waals surface area contributed by atoms with Crippen molar-refractivity contribution >= 4 is 21.9 Å². The van der Waals surface area contributed by atoms with Crippen molar-refractivity contribution in [2.24, 2.45) is 0 Å². The minimum Gasteiger partial charge on any atom is -0.463 e. The lowest BCUT2D eigenvalue weighted by Crippen LogP contribution is -2.11. The van der Waals surface area contributed by atoms with E-state index in [4.69, 9.17) is 9.47 Å². The molecule has 0 saturated heterocycles. The third-order valence-corrected chi connectivity index (χ3v) is 1.45. The van der Waals surface area contributed by atoms with Crippen molar-refractivity contribution in [3.05, 3.63) is 0 Å². The first kappa shape index (κ1) is 12.9. The van der Waals surface area contributed by atoms with Gasteiger partial charge in [-0.05, 0) is 0 Å². The summed E-state index contributed by atoms with van der Waals surface area (Å²) in [5.41, 5.74) is 0. The molecule has 0 rings (SSSR count). The van der Waals surface area contributed by atoms with Crippen LogP contribution >= 0.6 is 15.9 Å².